The lowest BCUT2D eigenvalue weighted by Gasteiger charge is -2.46. The number of nitrogens with zero attached hydrogens (tertiary/aromatic N) is 1. The molecule has 3 rings (SSSR count). The van der Waals surface area contributed by atoms with E-state index in [1.165, 1.54) is 0 Å². The van der Waals surface area contributed by atoms with Crippen LogP contribution in [0, 0.1) is 0 Å². The molecule has 3 aliphatic heterocycles. The maximum Gasteiger partial charge on any atom is 0.245 e. The highest BCUT2D eigenvalue weighted by Gasteiger charge is 2.51. The zero-order valence-electron chi connectivity index (χ0n) is 27.0. The summed E-state index contributed by atoms with van der Waals surface area (Å²) >= 11 is 0. The molecule has 0 spiro atoms. The molecule has 20 heteroatoms. The maximum absolute atomic E-state index is 11.3. The quantitative estimate of drug-likeness (QED) is 0.0404. The van der Waals surface area contributed by atoms with Gasteiger partial charge in [-0.1, -0.05) is 6.58 Å². The first-order valence-corrected chi connectivity index (χ1v) is 15.4. The van der Waals surface area contributed by atoms with Crippen molar-refractivity contribution >= 4 is 5.91 Å². The predicted octanol–water partition coefficient (Wildman–Crippen LogP) is -7.20. The highest BCUT2D eigenvalue weighted by Crippen LogP contribution is 2.30. The Kier molecular flexibility index (Phi) is 15.4. The monoisotopic (exact) mass is 703 g/mol. The second kappa shape index (κ2) is 18.1. The van der Waals surface area contributed by atoms with Gasteiger partial charge in [0.05, 0.1) is 47.6 Å². The first-order chi connectivity index (χ1) is 22.5. The Bertz CT molecular complexity index is 1000. The Hall–Kier alpha value is -1.51. The Morgan fingerprint density at radius 1 is 0.771 bits per heavy atom. The van der Waals surface area contributed by atoms with Gasteiger partial charge in [-0.3, -0.25) is 4.79 Å². The van der Waals surface area contributed by atoms with Crippen molar-refractivity contribution in [3.63, 3.8) is 0 Å². The third-order valence-electron chi connectivity index (χ3n) is 7.90. The Labute approximate surface area is 276 Å². The van der Waals surface area contributed by atoms with Gasteiger partial charge in [0.15, 0.2) is 18.9 Å². The van der Waals surface area contributed by atoms with Crippen LogP contribution in [0.2, 0.25) is 0 Å². The second-order valence-electron chi connectivity index (χ2n) is 12.9. The van der Waals surface area contributed by atoms with E-state index in [1.54, 1.807) is 0 Å². The van der Waals surface area contributed by atoms with Crippen LogP contribution in [-0.2, 0) is 38.0 Å². The molecule has 48 heavy (non-hydrogen) atoms. The van der Waals surface area contributed by atoms with Crippen molar-refractivity contribution < 1.29 is 93.5 Å². The molecule has 3 saturated heterocycles. The SMILES string of the molecule is C=CC(=O)NCO[C@@H]1O[C@@H](CO)[C@@H](O[C@@H]2OC(CO[C@H]3OC(COCC(O)C[N+](C)(C)C)[C@H](O)[C@H](O)C3O)[C@@H](O)[C@H](O)C2O)C(O)C1O. The number of aliphatic hydroxyl groups excluding tert-OH is 10. The smallest absolute Gasteiger partial charge is 0.245 e. The summed E-state index contributed by atoms with van der Waals surface area (Å²) in [5, 5.41) is 106. The number of nitrogens with one attached hydrogen (secondary N) is 1. The van der Waals surface area contributed by atoms with Crippen molar-refractivity contribution in [3.05, 3.63) is 12.7 Å². The molecule has 0 aromatic heterocycles. The molecule has 3 aliphatic rings. The number of aliphatic hydroxyl groups is 10. The fourth-order valence-electron chi connectivity index (χ4n) is 5.33. The molecule has 0 aliphatic carbocycles. The number of ether oxygens (including phenoxy) is 7. The third kappa shape index (κ3) is 10.7. The summed E-state index contributed by atoms with van der Waals surface area (Å²) < 4.78 is 38.9. The molecular weight excluding hydrogens is 652 g/mol. The molecule has 0 aromatic rings. The van der Waals surface area contributed by atoms with Crippen LogP contribution in [-0.4, -0.2) is 221 Å². The van der Waals surface area contributed by atoms with Crippen LogP contribution in [0.3, 0.4) is 0 Å². The van der Waals surface area contributed by atoms with Crippen LogP contribution in [0.1, 0.15) is 0 Å². The van der Waals surface area contributed by atoms with E-state index < -0.39 is 124 Å². The van der Waals surface area contributed by atoms with Crippen LogP contribution in [0.5, 0.6) is 0 Å². The summed E-state index contributed by atoms with van der Waals surface area (Å²) in [5.74, 6) is -0.585. The summed E-state index contributed by atoms with van der Waals surface area (Å²) in [5.41, 5.74) is 0. The highest BCUT2D eigenvalue weighted by atomic mass is 16.8. The van der Waals surface area contributed by atoms with Crippen molar-refractivity contribution in [2.24, 2.45) is 0 Å². The Morgan fingerprint density at radius 2 is 1.29 bits per heavy atom. The van der Waals surface area contributed by atoms with Crippen LogP contribution in [0.4, 0.5) is 0 Å². The van der Waals surface area contributed by atoms with Gasteiger partial charge in [0, 0.05) is 0 Å². The van der Waals surface area contributed by atoms with E-state index in [-0.39, 0.29) is 13.2 Å². The molecule has 3 heterocycles. The van der Waals surface area contributed by atoms with Crippen LogP contribution < -0.4 is 5.32 Å². The van der Waals surface area contributed by atoms with Crippen LogP contribution >= 0.6 is 0 Å². The number of quaternary nitrogens is 1. The molecule has 20 nitrogen and oxygen atoms in total. The van der Waals surface area contributed by atoms with E-state index in [0.717, 1.165) is 6.08 Å². The van der Waals surface area contributed by atoms with Gasteiger partial charge in [-0.25, -0.2) is 0 Å². The van der Waals surface area contributed by atoms with Gasteiger partial charge in [0.1, 0.15) is 92.6 Å². The minimum Gasteiger partial charge on any atom is -0.394 e. The minimum atomic E-state index is -1.91. The van der Waals surface area contributed by atoms with Crippen molar-refractivity contribution in [2.75, 3.05) is 60.8 Å². The Balaban J connectivity index is 1.60. The van der Waals surface area contributed by atoms with Crippen molar-refractivity contribution in [1.82, 2.24) is 5.32 Å². The lowest BCUT2D eigenvalue weighted by molar-refractivity contribution is -0.873. The van der Waals surface area contributed by atoms with E-state index in [1.807, 2.05) is 21.1 Å². The average Bonchev–Trinajstić information content (AvgIpc) is 3.03. The molecule has 11 N–H and O–H groups in total. The minimum absolute atomic E-state index is 0.105. The summed E-state index contributed by atoms with van der Waals surface area (Å²) in [4.78, 5) is 11.3. The van der Waals surface area contributed by atoms with Crippen LogP contribution in [0.15, 0.2) is 12.7 Å². The number of carbonyl (C=O) groups is 1. The molecular formula is C28H51N2O18+. The molecule has 0 aromatic carbocycles. The van der Waals surface area contributed by atoms with Gasteiger partial charge in [0.2, 0.25) is 5.91 Å². The standard InChI is InChI=1S/C28H50N2O18/c1-5-16(33)29-11-44-27-24(41)21(38)25(13(7-31)45-27)48-28-23(40)20(37)18(35)15(47-28)10-43-26-22(39)19(36)17(34)14(46-26)9-42-8-12(32)6-30(2,3)4/h5,12-15,17-28,31-32,34-41H,1,6-11H2,2-4H3/p+1/t12?,13-,14?,15?,17-,18+,19-,20-,21?,22?,23?,24?,25+,26-,27+,28-/m0/s1. The van der Waals surface area contributed by atoms with Crippen molar-refractivity contribution in [1.29, 1.82) is 0 Å². The van der Waals surface area contributed by atoms with E-state index in [4.69, 9.17) is 33.2 Å². The number of hydrogen-bond acceptors (Lipinski definition) is 18. The van der Waals surface area contributed by atoms with E-state index in [2.05, 4.69) is 11.9 Å². The topological polar surface area (TPSA) is 296 Å². The van der Waals surface area contributed by atoms with Gasteiger partial charge in [0.25, 0.3) is 0 Å². The summed E-state index contributed by atoms with van der Waals surface area (Å²) in [6.07, 6.45) is -24.7. The maximum atomic E-state index is 11.3. The fourth-order valence-corrected chi connectivity index (χ4v) is 5.33. The largest absolute Gasteiger partial charge is 0.394 e. The molecule has 0 bridgehead atoms. The summed E-state index contributed by atoms with van der Waals surface area (Å²) in [6, 6.07) is 0. The number of amides is 1. The molecule has 3 fully saturated rings. The molecule has 16 atom stereocenters. The van der Waals surface area contributed by atoms with Gasteiger partial charge in [-0.15, -0.1) is 0 Å². The second-order valence-corrected chi connectivity index (χ2v) is 12.9. The molecule has 0 radical (unpaired) electrons. The van der Waals surface area contributed by atoms with Crippen molar-refractivity contribution in [3.8, 4) is 0 Å². The zero-order chi connectivity index (χ0) is 35.9. The molecule has 0 saturated carbocycles. The van der Waals surface area contributed by atoms with Gasteiger partial charge >= 0.3 is 0 Å². The normalized spacial score (nSPS) is 41.5. The van der Waals surface area contributed by atoms with E-state index >= 15 is 0 Å². The van der Waals surface area contributed by atoms with Crippen LogP contribution in [0.25, 0.3) is 0 Å². The average molecular weight is 704 g/mol. The highest BCUT2D eigenvalue weighted by molar-refractivity contribution is 5.86. The zero-order valence-corrected chi connectivity index (χ0v) is 27.0. The lowest BCUT2D eigenvalue weighted by atomic mass is 9.97. The molecule has 7 unspecified atom stereocenters. The van der Waals surface area contributed by atoms with Gasteiger partial charge in [-0.2, -0.15) is 0 Å². The number of likely N-dealkylation sites (N-methyl/N-ethyl adjacent to an activating group) is 1. The first-order valence-electron chi connectivity index (χ1n) is 15.4. The van der Waals surface area contributed by atoms with E-state index in [0.29, 0.717) is 11.0 Å². The van der Waals surface area contributed by atoms with E-state index in [9.17, 15) is 55.9 Å². The Morgan fingerprint density at radius 3 is 1.88 bits per heavy atom. The number of hydrogen-bond donors (Lipinski definition) is 11. The van der Waals surface area contributed by atoms with Crippen molar-refractivity contribution in [2.45, 2.75) is 98.2 Å². The summed E-state index contributed by atoms with van der Waals surface area (Å²) in [7, 11) is 5.64. The lowest BCUT2D eigenvalue weighted by Crippen LogP contribution is -2.65. The first kappa shape index (κ1) is 40.9. The predicted molar refractivity (Wildman–Crippen MR) is 156 cm³/mol. The third-order valence-corrected chi connectivity index (χ3v) is 7.90. The summed E-state index contributed by atoms with van der Waals surface area (Å²) in [6.45, 7) is 1.40. The number of carbonyl (C=O) groups excluding carboxylic acids is 1. The molecule has 280 valence electrons. The fraction of sp³-hybridized carbons (Fsp3) is 0.893. The van der Waals surface area contributed by atoms with Gasteiger partial charge < -0.3 is 94.0 Å². The van der Waals surface area contributed by atoms with Gasteiger partial charge in [-0.05, 0) is 6.08 Å². The number of rotatable bonds is 16. The molecule has 1 amide bonds.